The standard InChI is InChI=1S/C20H24N2O2/c1-4-7-15-12-17(18-8-5-6-10-21-18)20(23-3)13-19(15)24-16-9-11-22(2)14-16/h4-6,8,10,12-13,16H,1,7,9,11,14H2,2-3H3. The van der Waals surface area contributed by atoms with E-state index in [2.05, 4.69) is 29.6 Å². The molecule has 1 unspecified atom stereocenters. The molecule has 2 aromatic rings. The summed E-state index contributed by atoms with van der Waals surface area (Å²) in [7, 11) is 3.81. The van der Waals surface area contributed by atoms with Crippen molar-refractivity contribution in [3.05, 3.63) is 54.7 Å². The Labute approximate surface area is 143 Å². The Bertz CT molecular complexity index is 700. The van der Waals surface area contributed by atoms with Gasteiger partial charge in [-0.25, -0.2) is 0 Å². The number of allylic oxidation sites excluding steroid dienone is 1. The minimum atomic E-state index is 0.226. The number of likely N-dealkylation sites (tertiary alicyclic amines) is 1. The van der Waals surface area contributed by atoms with Crippen LogP contribution in [0.15, 0.2) is 49.2 Å². The lowest BCUT2D eigenvalue weighted by Gasteiger charge is -2.19. The smallest absolute Gasteiger partial charge is 0.131 e. The zero-order valence-corrected chi connectivity index (χ0v) is 14.4. The largest absolute Gasteiger partial charge is 0.496 e. The summed E-state index contributed by atoms with van der Waals surface area (Å²) in [5.74, 6) is 1.66. The maximum absolute atomic E-state index is 6.27. The third kappa shape index (κ3) is 3.60. The van der Waals surface area contributed by atoms with Crippen molar-refractivity contribution < 1.29 is 9.47 Å². The number of rotatable bonds is 6. The molecule has 1 aliphatic heterocycles. The van der Waals surface area contributed by atoms with Crippen LogP contribution in [0.1, 0.15) is 12.0 Å². The average molecular weight is 324 g/mol. The minimum absolute atomic E-state index is 0.226. The average Bonchev–Trinajstić information content (AvgIpc) is 3.02. The quantitative estimate of drug-likeness (QED) is 0.761. The number of pyridine rings is 1. The van der Waals surface area contributed by atoms with E-state index < -0.39 is 0 Å². The molecule has 0 bridgehead atoms. The van der Waals surface area contributed by atoms with Crippen molar-refractivity contribution in [3.8, 4) is 22.8 Å². The molecule has 1 aromatic heterocycles. The minimum Gasteiger partial charge on any atom is -0.496 e. The number of ether oxygens (including phenoxy) is 2. The highest BCUT2D eigenvalue weighted by Crippen LogP contribution is 2.36. The third-order valence-corrected chi connectivity index (χ3v) is 4.33. The Morgan fingerprint density at radius 1 is 1.33 bits per heavy atom. The van der Waals surface area contributed by atoms with Crippen LogP contribution < -0.4 is 9.47 Å². The van der Waals surface area contributed by atoms with Gasteiger partial charge in [0, 0.05) is 30.9 Å². The third-order valence-electron chi connectivity index (χ3n) is 4.33. The van der Waals surface area contributed by atoms with E-state index in [1.165, 1.54) is 0 Å². The number of likely N-dealkylation sites (N-methyl/N-ethyl adjacent to an activating group) is 1. The number of hydrogen-bond acceptors (Lipinski definition) is 4. The summed E-state index contributed by atoms with van der Waals surface area (Å²) < 4.78 is 11.9. The highest BCUT2D eigenvalue weighted by atomic mass is 16.5. The van der Waals surface area contributed by atoms with Gasteiger partial charge in [0.05, 0.1) is 12.8 Å². The Hall–Kier alpha value is -2.33. The van der Waals surface area contributed by atoms with Crippen molar-refractivity contribution in [1.29, 1.82) is 0 Å². The van der Waals surface area contributed by atoms with Gasteiger partial charge in [-0.15, -0.1) is 6.58 Å². The number of hydrogen-bond donors (Lipinski definition) is 0. The predicted molar refractivity (Wildman–Crippen MR) is 96.7 cm³/mol. The predicted octanol–water partition coefficient (Wildman–Crippen LogP) is 3.57. The Balaban J connectivity index is 1.97. The van der Waals surface area contributed by atoms with Gasteiger partial charge < -0.3 is 14.4 Å². The second-order valence-electron chi connectivity index (χ2n) is 6.16. The zero-order valence-electron chi connectivity index (χ0n) is 14.4. The van der Waals surface area contributed by atoms with E-state index in [9.17, 15) is 0 Å². The van der Waals surface area contributed by atoms with Gasteiger partial charge in [-0.05, 0) is 43.7 Å². The van der Waals surface area contributed by atoms with Gasteiger partial charge in [-0.1, -0.05) is 12.1 Å². The number of aromatic nitrogens is 1. The van der Waals surface area contributed by atoms with Gasteiger partial charge in [0.2, 0.25) is 0 Å². The van der Waals surface area contributed by atoms with Gasteiger partial charge in [-0.3, -0.25) is 4.98 Å². The van der Waals surface area contributed by atoms with Crippen LogP contribution in [0.2, 0.25) is 0 Å². The molecule has 1 aromatic carbocycles. The monoisotopic (exact) mass is 324 g/mol. The van der Waals surface area contributed by atoms with Crippen LogP contribution in [0.3, 0.4) is 0 Å². The lowest BCUT2D eigenvalue weighted by atomic mass is 10.0. The van der Waals surface area contributed by atoms with Crippen molar-refractivity contribution in [2.45, 2.75) is 18.9 Å². The van der Waals surface area contributed by atoms with Crippen molar-refractivity contribution in [2.75, 3.05) is 27.2 Å². The summed E-state index contributed by atoms with van der Waals surface area (Å²) in [6, 6.07) is 9.97. The highest BCUT2D eigenvalue weighted by Gasteiger charge is 2.23. The van der Waals surface area contributed by atoms with E-state index in [0.717, 1.165) is 54.3 Å². The van der Waals surface area contributed by atoms with Gasteiger partial charge >= 0.3 is 0 Å². The summed E-state index contributed by atoms with van der Waals surface area (Å²) in [5.41, 5.74) is 2.98. The van der Waals surface area contributed by atoms with E-state index in [4.69, 9.17) is 9.47 Å². The van der Waals surface area contributed by atoms with E-state index >= 15 is 0 Å². The van der Waals surface area contributed by atoms with Gasteiger partial charge in [-0.2, -0.15) is 0 Å². The topological polar surface area (TPSA) is 34.6 Å². The van der Waals surface area contributed by atoms with E-state index in [1.54, 1.807) is 13.3 Å². The second-order valence-corrected chi connectivity index (χ2v) is 6.16. The lowest BCUT2D eigenvalue weighted by molar-refractivity contribution is 0.206. The first-order valence-corrected chi connectivity index (χ1v) is 8.29. The Kier molecular flexibility index (Phi) is 5.16. The summed E-state index contributed by atoms with van der Waals surface area (Å²) in [6.07, 6.45) is 5.72. The van der Waals surface area contributed by atoms with E-state index in [0.29, 0.717) is 0 Å². The molecular formula is C20H24N2O2. The van der Waals surface area contributed by atoms with E-state index in [-0.39, 0.29) is 6.10 Å². The molecule has 1 saturated heterocycles. The van der Waals surface area contributed by atoms with Crippen molar-refractivity contribution in [1.82, 2.24) is 9.88 Å². The molecule has 1 fully saturated rings. The Morgan fingerprint density at radius 3 is 2.83 bits per heavy atom. The number of methoxy groups -OCH3 is 1. The molecule has 126 valence electrons. The normalized spacial score (nSPS) is 17.7. The molecule has 24 heavy (non-hydrogen) atoms. The fourth-order valence-electron chi connectivity index (χ4n) is 3.09. The molecule has 0 N–H and O–H groups in total. The van der Waals surface area contributed by atoms with Crippen LogP contribution in [0.25, 0.3) is 11.3 Å². The maximum atomic E-state index is 6.27. The van der Waals surface area contributed by atoms with Crippen molar-refractivity contribution in [2.24, 2.45) is 0 Å². The second kappa shape index (κ2) is 7.49. The number of nitrogens with zero attached hydrogens (tertiary/aromatic N) is 2. The van der Waals surface area contributed by atoms with Crippen molar-refractivity contribution >= 4 is 0 Å². The maximum Gasteiger partial charge on any atom is 0.131 e. The van der Waals surface area contributed by atoms with Gasteiger partial charge in [0.25, 0.3) is 0 Å². The first-order valence-electron chi connectivity index (χ1n) is 8.29. The first-order chi connectivity index (χ1) is 11.7. The molecule has 1 aliphatic rings. The molecule has 0 aliphatic carbocycles. The molecular weight excluding hydrogens is 300 g/mol. The van der Waals surface area contributed by atoms with Crippen LogP contribution in [0.5, 0.6) is 11.5 Å². The summed E-state index contributed by atoms with van der Waals surface area (Å²) in [4.78, 5) is 6.74. The molecule has 3 rings (SSSR count). The van der Waals surface area contributed by atoms with Crippen LogP contribution in [0, 0.1) is 0 Å². The fourth-order valence-corrected chi connectivity index (χ4v) is 3.09. The molecule has 4 heteroatoms. The first kappa shape index (κ1) is 16.5. The lowest BCUT2D eigenvalue weighted by Crippen LogP contribution is -2.22. The molecule has 0 radical (unpaired) electrons. The summed E-state index contributed by atoms with van der Waals surface area (Å²) >= 11 is 0. The molecule has 0 saturated carbocycles. The van der Waals surface area contributed by atoms with Crippen LogP contribution in [-0.4, -0.2) is 43.2 Å². The molecule has 0 amide bonds. The van der Waals surface area contributed by atoms with Crippen LogP contribution >= 0.6 is 0 Å². The fraction of sp³-hybridized carbons (Fsp3) is 0.350. The molecule has 2 heterocycles. The van der Waals surface area contributed by atoms with Gasteiger partial charge in [0.1, 0.15) is 17.6 Å². The van der Waals surface area contributed by atoms with Crippen LogP contribution in [-0.2, 0) is 6.42 Å². The Morgan fingerprint density at radius 2 is 2.21 bits per heavy atom. The highest BCUT2D eigenvalue weighted by molar-refractivity contribution is 5.70. The molecule has 4 nitrogen and oxygen atoms in total. The van der Waals surface area contributed by atoms with Gasteiger partial charge in [0.15, 0.2) is 0 Å². The van der Waals surface area contributed by atoms with E-state index in [1.807, 2.05) is 30.3 Å². The zero-order chi connectivity index (χ0) is 16.9. The van der Waals surface area contributed by atoms with Crippen LogP contribution in [0.4, 0.5) is 0 Å². The molecule has 0 spiro atoms. The summed E-state index contributed by atoms with van der Waals surface area (Å²) in [6.45, 7) is 5.91. The van der Waals surface area contributed by atoms with Crippen molar-refractivity contribution in [3.63, 3.8) is 0 Å². The SMILES string of the molecule is C=CCc1cc(-c2ccccn2)c(OC)cc1OC1CCN(C)C1. The summed E-state index contributed by atoms with van der Waals surface area (Å²) in [5, 5.41) is 0. The number of benzene rings is 1. The molecule has 1 atom stereocenters.